The van der Waals surface area contributed by atoms with Gasteiger partial charge in [-0.1, -0.05) is 66.2 Å². The Morgan fingerprint density at radius 2 is 1.47 bits per heavy atom. The maximum atomic E-state index is 9.23. The number of hydrogen-bond donors (Lipinski definition) is 1. The van der Waals surface area contributed by atoms with Gasteiger partial charge in [-0.05, 0) is 71.1 Å². The molecule has 182 valence electrons. The largest absolute Gasteiger partial charge is 0.497 e. The monoisotopic (exact) mass is 497 g/mol. The van der Waals surface area contributed by atoms with E-state index in [-0.39, 0.29) is 6.61 Å². The minimum atomic E-state index is 0.146. The van der Waals surface area contributed by atoms with Gasteiger partial charge in [0.2, 0.25) is 0 Å². The van der Waals surface area contributed by atoms with Gasteiger partial charge in [-0.2, -0.15) is 0 Å². The van der Waals surface area contributed by atoms with Crippen LogP contribution in [0.3, 0.4) is 0 Å². The first-order valence-electron chi connectivity index (χ1n) is 12.0. The van der Waals surface area contributed by atoms with Crippen molar-refractivity contribution >= 4 is 22.5 Å². The van der Waals surface area contributed by atoms with Crippen LogP contribution in [0.2, 0.25) is 5.02 Å². The maximum Gasteiger partial charge on any atom is 0.120 e. The van der Waals surface area contributed by atoms with Gasteiger partial charge in [0.25, 0.3) is 0 Å². The van der Waals surface area contributed by atoms with E-state index >= 15 is 0 Å². The Labute approximate surface area is 216 Å². The standard InChI is InChI=1S/C31H28ClNO3/c1-35-26-13-11-25(12-14-26)31-30(32)28-19-27(36-21-24-5-3-2-4-6-24)15-16-29(28)33(31)20-23-9-7-22(8-10-23)17-18-34/h2-16,19,34H,17-18,20-21H2,1H3. The Hall–Kier alpha value is -3.73. The molecule has 5 rings (SSSR count). The molecule has 0 aliphatic rings. The lowest BCUT2D eigenvalue weighted by Gasteiger charge is -2.13. The lowest BCUT2D eigenvalue weighted by molar-refractivity contribution is 0.299. The van der Waals surface area contributed by atoms with Crippen molar-refractivity contribution in [3.05, 3.63) is 119 Å². The van der Waals surface area contributed by atoms with Crippen molar-refractivity contribution in [3.63, 3.8) is 0 Å². The fraction of sp³-hybridized carbons (Fsp3) is 0.161. The van der Waals surface area contributed by atoms with Gasteiger partial charge >= 0.3 is 0 Å². The second-order valence-electron chi connectivity index (χ2n) is 8.72. The van der Waals surface area contributed by atoms with Crippen LogP contribution in [0.4, 0.5) is 0 Å². The van der Waals surface area contributed by atoms with Crippen molar-refractivity contribution in [3.8, 4) is 22.8 Å². The van der Waals surface area contributed by atoms with Gasteiger partial charge in [0.15, 0.2) is 0 Å². The van der Waals surface area contributed by atoms with E-state index < -0.39 is 0 Å². The number of aromatic nitrogens is 1. The van der Waals surface area contributed by atoms with Gasteiger partial charge < -0.3 is 19.1 Å². The molecule has 4 aromatic carbocycles. The molecule has 4 nitrogen and oxygen atoms in total. The molecule has 1 N–H and O–H groups in total. The summed E-state index contributed by atoms with van der Waals surface area (Å²) in [5, 5.41) is 10.9. The number of fused-ring (bicyclic) bond motifs is 1. The lowest BCUT2D eigenvalue weighted by atomic mass is 10.1. The lowest BCUT2D eigenvalue weighted by Crippen LogP contribution is -2.02. The normalized spacial score (nSPS) is 11.1. The zero-order valence-corrected chi connectivity index (χ0v) is 20.9. The van der Waals surface area contributed by atoms with Crippen LogP contribution >= 0.6 is 11.6 Å². The van der Waals surface area contributed by atoms with Crippen molar-refractivity contribution in [1.82, 2.24) is 4.57 Å². The quantitative estimate of drug-likeness (QED) is 0.235. The van der Waals surface area contributed by atoms with Crippen molar-refractivity contribution < 1.29 is 14.6 Å². The van der Waals surface area contributed by atoms with Gasteiger partial charge in [0, 0.05) is 18.5 Å². The van der Waals surface area contributed by atoms with Crippen LogP contribution in [0.15, 0.2) is 97.1 Å². The molecule has 0 fully saturated rings. The molecule has 0 aliphatic carbocycles. The summed E-state index contributed by atoms with van der Waals surface area (Å²) in [5.41, 5.74) is 6.40. The molecule has 36 heavy (non-hydrogen) atoms. The summed E-state index contributed by atoms with van der Waals surface area (Å²) in [5.74, 6) is 1.58. The van der Waals surface area contributed by atoms with E-state index in [9.17, 15) is 5.11 Å². The molecule has 1 heterocycles. The predicted molar refractivity (Wildman–Crippen MR) is 146 cm³/mol. The molecule has 0 amide bonds. The Morgan fingerprint density at radius 1 is 0.778 bits per heavy atom. The van der Waals surface area contributed by atoms with Crippen molar-refractivity contribution in [2.24, 2.45) is 0 Å². The van der Waals surface area contributed by atoms with Crippen LogP contribution in [0.5, 0.6) is 11.5 Å². The highest BCUT2D eigenvalue weighted by Crippen LogP contribution is 2.40. The fourth-order valence-corrected chi connectivity index (χ4v) is 4.80. The highest BCUT2D eigenvalue weighted by molar-refractivity contribution is 6.38. The minimum absolute atomic E-state index is 0.146. The van der Waals surface area contributed by atoms with Gasteiger partial charge in [0.05, 0.1) is 23.3 Å². The molecule has 0 unspecified atom stereocenters. The third kappa shape index (κ3) is 5.11. The summed E-state index contributed by atoms with van der Waals surface area (Å²) in [7, 11) is 1.66. The average Bonchev–Trinajstić information content (AvgIpc) is 3.20. The van der Waals surface area contributed by atoms with E-state index in [2.05, 4.69) is 47.0 Å². The third-order valence-corrected chi connectivity index (χ3v) is 6.73. The van der Waals surface area contributed by atoms with Crippen LogP contribution in [0.1, 0.15) is 16.7 Å². The number of aliphatic hydroxyl groups excluding tert-OH is 1. The van der Waals surface area contributed by atoms with Crippen LogP contribution < -0.4 is 9.47 Å². The number of rotatable bonds is 9. The van der Waals surface area contributed by atoms with Crippen LogP contribution in [0.25, 0.3) is 22.2 Å². The third-order valence-electron chi connectivity index (χ3n) is 6.35. The molecule has 5 aromatic rings. The molecule has 0 atom stereocenters. The van der Waals surface area contributed by atoms with E-state index in [0.29, 0.717) is 24.6 Å². The van der Waals surface area contributed by atoms with Gasteiger partial charge in [-0.25, -0.2) is 0 Å². The van der Waals surface area contributed by atoms with E-state index in [4.69, 9.17) is 21.1 Å². The molecule has 0 aliphatic heterocycles. The highest BCUT2D eigenvalue weighted by Gasteiger charge is 2.19. The summed E-state index contributed by atoms with van der Waals surface area (Å²) >= 11 is 7.06. The van der Waals surface area contributed by atoms with Gasteiger partial charge in [0.1, 0.15) is 18.1 Å². The van der Waals surface area contributed by atoms with Crippen LogP contribution in [-0.2, 0) is 19.6 Å². The number of ether oxygens (including phenoxy) is 2. The van der Waals surface area contributed by atoms with E-state index in [0.717, 1.165) is 50.3 Å². The average molecular weight is 498 g/mol. The second-order valence-corrected chi connectivity index (χ2v) is 9.10. The molecular formula is C31H28ClNO3. The first-order chi connectivity index (χ1) is 17.7. The first kappa shape index (κ1) is 24.0. The van der Waals surface area contributed by atoms with Crippen molar-refractivity contribution in [2.45, 2.75) is 19.6 Å². The summed E-state index contributed by atoms with van der Waals surface area (Å²) in [6.07, 6.45) is 0.654. The SMILES string of the molecule is COc1ccc(-c2c(Cl)c3cc(OCc4ccccc4)ccc3n2Cc2ccc(CCO)cc2)cc1. The summed E-state index contributed by atoms with van der Waals surface area (Å²) in [6, 6.07) is 32.6. The second kappa shape index (κ2) is 10.9. The number of methoxy groups -OCH3 is 1. The predicted octanol–water partition coefficient (Wildman–Crippen LogP) is 7.13. The Morgan fingerprint density at radius 3 is 2.17 bits per heavy atom. The summed E-state index contributed by atoms with van der Waals surface area (Å²) in [4.78, 5) is 0. The molecule has 0 bridgehead atoms. The number of hydrogen-bond acceptors (Lipinski definition) is 3. The van der Waals surface area contributed by atoms with Crippen molar-refractivity contribution in [2.75, 3.05) is 13.7 Å². The zero-order valence-electron chi connectivity index (χ0n) is 20.2. The van der Waals surface area contributed by atoms with Gasteiger partial charge in [-0.15, -0.1) is 0 Å². The zero-order chi connectivity index (χ0) is 24.9. The van der Waals surface area contributed by atoms with Gasteiger partial charge in [-0.3, -0.25) is 0 Å². The number of benzene rings is 4. The Bertz CT molecular complexity index is 1440. The number of halogens is 1. The number of nitrogens with zero attached hydrogens (tertiary/aromatic N) is 1. The minimum Gasteiger partial charge on any atom is -0.497 e. The highest BCUT2D eigenvalue weighted by atomic mass is 35.5. The number of aliphatic hydroxyl groups is 1. The van der Waals surface area contributed by atoms with Crippen molar-refractivity contribution in [1.29, 1.82) is 0 Å². The molecule has 0 radical (unpaired) electrons. The van der Waals surface area contributed by atoms with Crippen LogP contribution in [-0.4, -0.2) is 23.4 Å². The van der Waals surface area contributed by atoms with Crippen LogP contribution in [0, 0.1) is 0 Å². The molecule has 0 saturated carbocycles. The van der Waals surface area contributed by atoms with E-state index in [1.54, 1.807) is 7.11 Å². The maximum absolute atomic E-state index is 9.23. The topological polar surface area (TPSA) is 43.6 Å². The van der Waals surface area contributed by atoms with E-state index in [1.165, 1.54) is 0 Å². The Kier molecular flexibility index (Phi) is 7.26. The molecule has 1 aromatic heterocycles. The first-order valence-corrected chi connectivity index (χ1v) is 12.4. The fourth-order valence-electron chi connectivity index (χ4n) is 4.44. The molecule has 0 saturated heterocycles. The van der Waals surface area contributed by atoms with E-state index in [1.807, 2.05) is 54.6 Å². The Balaban J connectivity index is 1.54. The summed E-state index contributed by atoms with van der Waals surface area (Å²) in [6.45, 7) is 1.30. The molecule has 0 spiro atoms. The smallest absolute Gasteiger partial charge is 0.120 e. The summed E-state index contributed by atoms with van der Waals surface area (Å²) < 4.78 is 13.7. The molecular weight excluding hydrogens is 470 g/mol. The molecule has 5 heteroatoms.